The van der Waals surface area contributed by atoms with Gasteiger partial charge in [0.05, 0.1) is 10.7 Å². The fourth-order valence-electron chi connectivity index (χ4n) is 1.55. The maximum atomic E-state index is 6.01. The van der Waals surface area contributed by atoms with E-state index in [2.05, 4.69) is 24.3 Å². The average Bonchev–Trinajstić information content (AvgIpc) is 2.85. The molecule has 0 saturated heterocycles. The Bertz CT molecular complexity index is 570. The van der Waals surface area contributed by atoms with Crippen LogP contribution in [0.5, 0.6) is 5.75 Å². The van der Waals surface area contributed by atoms with Gasteiger partial charge < -0.3 is 14.6 Å². The third kappa shape index (κ3) is 4.40. The predicted molar refractivity (Wildman–Crippen MR) is 79.3 cm³/mol. The summed E-state index contributed by atoms with van der Waals surface area (Å²) >= 11 is 11.9. The molecule has 1 aromatic heterocycles. The van der Waals surface area contributed by atoms with E-state index in [-0.39, 0.29) is 6.61 Å². The van der Waals surface area contributed by atoms with E-state index in [9.17, 15) is 0 Å². The molecular formula is C14H16Cl2N2O2. The van der Waals surface area contributed by atoms with E-state index in [1.54, 1.807) is 18.2 Å². The molecule has 6 heteroatoms. The number of ether oxygens (including phenoxy) is 1. The number of nitrogens with one attached hydrogen (secondary N) is 1. The van der Waals surface area contributed by atoms with E-state index in [0.717, 1.165) is 5.69 Å². The molecule has 0 radical (unpaired) electrons. The van der Waals surface area contributed by atoms with Gasteiger partial charge in [-0.1, -0.05) is 42.2 Å². The first-order chi connectivity index (χ1) is 9.54. The third-order valence-corrected chi connectivity index (χ3v) is 3.11. The molecule has 0 saturated carbocycles. The van der Waals surface area contributed by atoms with Crippen LogP contribution in [0.2, 0.25) is 10.0 Å². The largest absolute Gasteiger partial charge is 0.484 e. The van der Waals surface area contributed by atoms with Crippen LogP contribution in [0.1, 0.15) is 25.3 Å². The molecule has 0 fully saturated rings. The first-order valence-electron chi connectivity index (χ1n) is 6.30. The van der Waals surface area contributed by atoms with Gasteiger partial charge in [-0.15, -0.1) is 0 Å². The van der Waals surface area contributed by atoms with Crippen LogP contribution in [0, 0.1) is 0 Å². The second kappa shape index (κ2) is 6.97. The molecule has 2 rings (SSSR count). The van der Waals surface area contributed by atoms with Crippen molar-refractivity contribution < 1.29 is 9.26 Å². The lowest BCUT2D eigenvalue weighted by atomic mass is 10.3. The molecule has 0 amide bonds. The molecule has 0 aliphatic carbocycles. The summed E-state index contributed by atoms with van der Waals surface area (Å²) in [6.07, 6.45) is 0. The molecule has 4 nitrogen and oxygen atoms in total. The van der Waals surface area contributed by atoms with Crippen LogP contribution in [0.15, 0.2) is 28.8 Å². The van der Waals surface area contributed by atoms with Crippen molar-refractivity contribution in [1.82, 2.24) is 10.5 Å². The number of halogens is 2. The van der Waals surface area contributed by atoms with Gasteiger partial charge in [-0.3, -0.25) is 0 Å². The van der Waals surface area contributed by atoms with E-state index < -0.39 is 0 Å². The number of rotatable bonds is 6. The Kier molecular flexibility index (Phi) is 5.29. The molecule has 0 unspecified atom stereocenters. The quantitative estimate of drug-likeness (QED) is 0.873. The zero-order valence-corrected chi connectivity index (χ0v) is 12.8. The lowest BCUT2D eigenvalue weighted by molar-refractivity contribution is 0.248. The highest BCUT2D eigenvalue weighted by Crippen LogP contribution is 2.28. The summed E-state index contributed by atoms with van der Waals surface area (Å²) < 4.78 is 10.8. The monoisotopic (exact) mass is 314 g/mol. The van der Waals surface area contributed by atoms with Crippen molar-refractivity contribution in [1.29, 1.82) is 0 Å². The average molecular weight is 315 g/mol. The molecule has 1 aromatic carbocycles. The Hall–Kier alpha value is -1.23. The fourth-order valence-corrected chi connectivity index (χ4v) is 1.89. The second-order valence-electron chi connectivity index (χ2n) is 4.68. The predicted octanol–water partition coefficient (Wildman–Crippen LogP) is 4.06. The van der Waals surface area contributed by atoms with Gasteiger partial charge in [-0.05, 0) is 12.1 Å². The minimum absolute atomic E-state index is 0.259. The summed E-state index contributed by atoms with van der Waals surface area (Å²) in [6, 6.07) is 7.32. The van der Waals surface area contributed by atoms with Crippen LogP contribution in [-0.4, -0.2) is 11.2 Å². The van der Waals surface area contributed by atoms with Crippen LogP contribution in [0.4, 0.5) is 0 Å². The number of nitrogens with zero attached hydrogens (tertiary/aromatic N) is 1. The smallest absolute Gasteiger partial charge is 0.174 e. The number of benzene rings is 1. The second-order valence-corrected chi connectivity index (χ2v) is 5.53. The van der Waals surface area contributed by atoms with E-state index in [0.29, 0.717) is 34.1 Å². The number of hydrogen-bond acceptors (Lipinski definition) is 4. The SMILES string of the molecule is CC(C)NCc1cc(COc2cc(Cl)ccc2Cl)on1. The van der Waals surface area contributed by atoms with Gasteiger partial charge in [0.1, 0.15) is 12.4 Å². The van der Waals surface area contributed by atoms with Crippen LogP contribution >= 0.6 is 23.2 Å². The van der Waals surface area contributed by atoms with Crippen molar-refractivity contribution in [3.63, 3.8) is 0 Å². The van der Waals surface area contributed by atoms with Crippen molar-refractivity contribution in [2.75, 3.05) is 0 Å². The maximum absolute atomic E-state index is 6.01. The highest BCUT2D eigenvalue weighted by molar-refractivity contribution is 6.34. The molecular weight excluding hydrogens is 299 g/mol. The number of aromatic nitrogens is 1. The maximum Gasteiger partial charge on any atom is 0.174 e. The minimum atomic E-state index is 0.259. The van der Waals surface area contributed by atoms with E-state index >= 15 is 0 Å². The molecule has 108 valence electrons. The van der Waals surface area contributed by atoms with Crippen LogP contribution in [0.25, 0.3) is 0 Å². The zero-order chi connectivity index (χ0) is 14.5. The van der Waals surface area contributed by atoms with Crippen LogP contribution in [-0.2, 0) is 13.2 Å². The fraction of sp³-hybridized carbons (Fsp3) is 0.357. The molecule has 0 bridgehead atoms. The minimum Gasteiger partial charge on any atom is -0.484 e. The lowest BCUT2D eigenvalue weighted by Crippen LogP contribution is -2.21. The van der Waals surface area contributed by atoms with Gasteiger partial charge in [-0.25, -0.2) is 0 Å². The summed E-state index contributed by atoms with van der Waals surface area (Å²) in [7, 11) is 0. The standard InChI is InChI=1S/C14H16Cl2N2O2/c1-9(2)17-7-11-6-12(20-18-11)8-19-14-5-10(15)3-4-13(14)16/h3-6,9,17H,7-8H2,1-2H3. The highest BCUT2D eigenvalue weighted by atomic mass is 35.5. The topological polar surface area (TPSA) is 47.3 Å². The van der Waals surface area contributed by atoms with Crippen molar-refractivity contribution in [2.45, 2.75) is 33.0 Å². The molecule has 20 heavy (non-hydrogen) atoms. The Morgan fingerprint density at radius 2 is 2.10 bits per heavy atom. The van der Waals surface area contributed by atoms with Crippen molar-refractivity contribution >= 4 is 23.2 Å². The molecule has 0 aliphatic heterocycles. The first kappa shape index (κ1) is 15.2. The van der Waals surface area contributed by atoms with Gasteiger partial charge in [0.25, 0.3) is 0 Å². The van der Waals surface area contributed by atoms with Gasteiger partial charge in [0, 0.05) is 29.7 Å². The summed E-state index contributed by atoms with van der Waals surface area (Å²) in [4.78, 5) is 0. The van der Waals surface area contributed by atoms with E-state index in [1.807, 2.05) is 6.07 Å². The molecule has 0 atom stereocenters. The lowest BCUT2D eigenvalue weighted by Gasteiger charge is -2.06. The third-order valence-electron chi connectivity index (χ3n) is 2.56. The first-order valence-corrected chi connectivity index (χ1v) is 7.06. The number of hydrogen-bond donors (Lipinski definition) is 1. The van der Waals surface area contributed by atoms with E-state index in [4.69, 9.17) is 32.5 Å². The summed E-state index contributed by atoms with van der Waals surface area (Å²) in [5, 5.41) is 8.31. The van der Waals surface area contributed by atoms with Crippen LogP contribution in [0.3, 0.4) is 0 Å². The van der Waals surface area contributed by atoms with Gasteiger partial charge in [-0.2, -0.15) is 0 Å². The Morgan fingerprint density at radius 1 is 1.30 bits per heavy atom. The highest BCUT2D eigenvalue weighted by Gasteiger charge is 2.08. The Labute approximate surface area is 128 Å². The summed E-state index contributed by atoms with van der Waals surface area (Å²) in [5.41, 5.74) is 0.842. The molecule has 1 N–H and O–H groups in total. The van der Waals surface area contributed by atoms with Crippen molar-refractivity contribution in [3.8, 4) is 5.75 Å². The molecule has 0 spiro atoms. The normalized spacial score (nSPS) is 11.1. The van der Waals surface area contributed by atoms with Gasteiger partial charge >= 0.3 is 0 Å². The summed E-state index contributed by atoms with van der Waals surface area (Å²) in [6.45, 7) is 5.07. The Balaban J connectivity index is 1.92. The van der Waals surface area contributed by atoms with E-state index in [1.165, 1.54) is 0 Å². The Morgan fingerprint density at radius 3 is 2.85 bits per heavy atom. The van der Waals surface area contributed by atoms with Gasteiger partial charge in [0.2, 0.25) is 0 Å². The molecule has 0 aliphatic rings. The zero-order valence-electron chi connectivity index (χ0n) is 11.3. The van der Waals surface area contributed by atoms with Crippen molar-refractivity contribution in [2.24, 2.45) is 0 Å². The molecule has 1 heterocycles. The molecule has 2 aromatic rings. The summed E-state index contributed by atoms with van der Waals surface area (Å²) in [5.74, 6) is 1.17. The van der Waals surface area contributed by atoms with Crippen LogP contribution < -0.4 is 10.1 Å². The van der Waals surface area contributed by atoms with Gasteiger partial charge in [0.15, 0.2) is 5.76 Å². The van der Waals surface area contributed by atoms with Crippen molar-refractivity contribution in [3.05, 3.63) is 45.8 Å².